The predicted octanol–water partition coefficient (Wildman–Crippen LogP) is 1.37. The van der Waals surface area contributed by atoms with E-state index in [1.807, 2.05) is 0 Å². The highest BCUT2D eigenvalue weighted by atomic mass is 32.2. The van der Waals surface area contributed by atoms with Gasteiger partial charge >= 0.3 is 0 Å². The van der Waals surface area contributed by atoms with Crippen LogP contribution in [-0.2, 0) is 9.84 Å². The molecule has 1 aromatic carbocycles. The molecule has 1 unspecified atom stereocenters. The summed E-state index contributed by atoms with van der Waals surface area (Å²) in [5, 5.41) is 27.2. The second-order valence-corrected chi connectivity index (χ2v) is 8.29. The molecule has 10 nitrogen and oxygen atoms in total. The molecule has 130 valence electrons. The lowest BCUT2D eigenvalue weighted by Crippen LogP contribution is -2.48. The summed E-state index contributed by atoms with van der Waals surface area (Å²) in [5.74, 6) is -0.0546. The second-order valence-electron chi connectivity index (χ2n) is 5.70. The van der Waals surface area contributed by atoms with Crippen LogP contribution < -0.4 is 10.6 Å². The molecule has 1 aliphatic rings. The van der Waals surface area contributed by atoms with Crippen LogP contribution in [0.1, 0.15) is 13.3 Å². The molecular formula is C12H14N4O6S2. The maximum atomic E-state index is 11.6. The highest BCUT2D eigenvalue weighted by Gasteiger charge is 2.39. The fourth-order valence-corrected chi connectivity index (χ4v) is 4.88. The summed E-state index contributed by atoms with van der Waals surface area (Å²) in [5.41, 5.74) is -1.71. The van der Waals surface area contributed by atoms with Crippen LogP contribution in [0.2, 0.25) is 0 Å². The Kier molecular flexibility index (Phi) is 4.71. The van der Waals surface area contributed by atoms with Crippen molar-refractivity contribution >= 4 is 44.2 Å². The van der Waals surface area contributed by atoms with E-state index in [0.29, 0.717) is 6.42 Å². The van der Waals surface area contributed by atoms with Gasteiger partial charge in [0.05, 0.1) is 33.0 Å². The first-order valence-electron chi connectivity index (χ1n) is 6.74. The normalized spacial score (nSPS) is 21.9. The van der Waals surface area contributed by atoms with Gasteiger partial charge in [-0.15, -0.1) is 0 Å². The predicted molar refractivity (Wildman–Crippen MR) is 90.8 cm³/mol. The number of hydrogen-bond donors (Lipinski definition) is 2. The molecule has 0 saturated carbocycles. The SMILES string of the molecule is CC1(NC(=S)Nc2ccc([N+](=O)[O-])cc2[N+](=O)[O-])CCS(=O)(=O)C1. The van der Waals surface area contributed by atoms with Crippen LogP contribution in [0, 0.1) is 20.2 Å². The summed E-state index contributed by atoms with van der Waals surface area (Å²) in [7, 11) is -3.14. The van der Waals surface area contributed by atoms with Crippen molar-refractivity contribution in [3.05, 3.63) is 38.4 Å². The van der Waals surface area contributed by atoms with Gasteiger partial charge in [0, 0.05) is 6.07 Å². The van der Waals surface area contributed by atoms with Crippen molar-refractivity contribution in [3.63, 3.8) is 0 Å². The van der Waals surface area contributed by atoms with E-state index >= 15 is 0 Å². The second kappa shape index (κ2) is 6.28. The number of rotatable bonds is 4. The van der Waals surface area contributed by atoms with Gasteiger partial charge in [-0.2, -0.15) is 0 Å². The largest absolute Gasteiger partial charge is 0.356 e. The first-order chi connectivity index (χ1) is 11.0. The molecule has 1 aromatic rings. The van der Waals surface area contributed by atoms with E-state index in [0.717, 1.165) is 12.1 Å². The number of sulfone groups is 1. The van der Waals surface area contributed by atoms with Gasteiger partial charge in [-0.3, -0.25) is 20.2 Å². The lowest BCUT2D eigenvalue weighted by Gasteiger charge is -2.25. The van der Waals surface area contributed by atoms with Crippen molar-refractivity contribution in [3.8, 4) is 0 Å². The minimum atomic E-state index is -3.14. The van der Waals surface area contributed by atoms with Gasteiger partial charge in [0.25, 0.3) is 11.4 Å². The van der Waals surface area contributed by atoms with Crippen LogP contribution >= 0.6 is 12.2 Å². The molecule has 1 fully saturated rings. The highest BCUT2D eigenvalue weighted by molar-refractivity contribution is 7.91. The van der Waals surface area contributed by atoms with Crippen molar-refractivity contribution in [2.24, 2.45) is 0 Å². The van der Waals surface area contributed by atoms with Gasteiger partial charge in [0.15, 0.2) is 14.9 Å². The number of non-ortho nitro benzene ring substituents is 1. The Labute approximate surface area is 142 Å². The van der Waals surface area contributed by atoms with E-state index in [2.05, 4.69) is 10.6 Å². The molecular weight excluding hydrogens is 360 g/mol. The maximum Gasteiger partial charge on any atom is 0.299 e. The minimum Gasteiger partial charge on any atom is -0.356 e. The fraction of sp³-hybridized carbons (Fsp3) is 0.417. The highest BCUT2D eigenvalue weighted by Crippen LogP contribution is 2.29. The Balaban J connectivity index is 2.17. The smallest absolute Gasteiger partial charge is 0.299 e. The van der Waals surface area contributed by atoms with Gasteiger partial charge < -0.3 is 10.6 Å². The summed E-state index contributed by atoms with van der Waals surface area (Å²) in [6.45, 7) is 1.69. The van der Waals surface area contributed by atoms with E-state index in [1.165, 1.54) is 6.07 Å². The van der Waals surface area contributed by atoms with E-state index in [1.54, 1.807) is 6.92 Å². The number of hydrogen-bond acceptors (Lipinski definition) is 7. The van der Waals surface area contributed by atoms with Gasteiger partial charge in [-0.1, -0.05) is 0 Å². The van der Waals surface area contributed by atoms with E-state index in [9.17, 15) is 28.6 Å². The quantitative estimate of drug-likeness (QED) is 0.453. The third kappa shape index (κ3) is 4.14. The van der Waals surface area contributed by atoms with Gasteiger partial charge in [0.2, 0.25) is 0 Å². The zero-order chi connectivity index (χ0) is 18.1. The van der Waals surface area contributed by atoms with Gasteiger partial charge in [0.1, 0.15) is 5.69 Å². The average Bonchev–Trinajstić information content (AvgIpc) is 2.71. The molecule has 0 amide bonds. The summed E-state index contributed by atoms with van der Waals surface area (Å²) in [4.78, 5) is 20.3. The van der Waals surface area contributed by atoms with Crippen molar-refractivity contribution in [2.45, 2.75) is 18.9 Å². The molecule has 24 heavy (non-hydrogen) atoms. The monoisotopic (exact) mass is 374 g/mol. The van der Waals surface area contributed by atoms with E-state index < -0.39 is 36.6 Å². The zero-order valence-corrected chi connectivity index (χ0v) is 14.1. The number of anilines is 1. The minimum absolute atomic E-state index is 0.00607. The zero-order valence-electron chi connectivity index (χ0n) is 12.5. The Morgan fingerprint density at radius 3 is 2.46 bits per heavy atom. The summed E-state index contributed by atoms with van der Waals surface area (Å²) < 4.78 is 23.1. The number of thiocarbonyl (C=S) groups is 1. The third-order valence-corrected chi connectivity index (χ3v) is 5.66. The molecule has 2 rings (SSSR count). The molecule has 0 aliphatic carbocycles. The summed E-state index contributed by atoms with van der Waals surface area (Å²) >= 11 is 5.08. The van der Waals surface area contributed by atoms with E-state index in [4.69, 9.17) is 12.2 Å². The molecule has 0 radical (unpaired) electrons. The van der Waals surface area contributed by atoms with Crippen LogP contribution in [0.4, 0.5) is 17.1 Å². The van der Waals surface area contributed by atoms with Crippen LogP contribution in [0.5, 0.6) is 0 Å². The van der Waals surface area contributed by atoms with Crippen LogP contribution in [-0.4, -0.2) is 40.4 Å². The fourth-order valence-electron chi connectivity index (χ4n) is 2.43. The summed E-state index contributed by atoms with van der Waals surface area (Å²) in [6, 6.07) is 3.12. The molecule has 2 N–H and O–H groups in total. The number of nitrogens with one attached hydrogen (secondary N) is 2. The third-order valence-electron chi connectivity index (χ3n) is 3.56. The Hall–Kier alpha value is -2.34. The maximum absolute atomic E-state index is 11.6. The molecule has 0 spiro atoms. The van der Waals surface area contributed by atoms with Gasteiger partial charge in [-0.05, 0) is 31.6 Å². The number of nitro benzene ring substituents is 2. The first kappa shape index (κ1) is 18.0. The van der Waals surface area contributed by atoms with Crippen LogP contribution in [0.3, 0.4) is 0 Å². The van der Waals surface area contributed by atoms with E-state index in [-0.39, 0.29) is 22.3 Å². The average molecular weight is 374 g/mol. The lowest BCUT2D eigenvalue weighted by molar-refractivity contribution is -0.393. The van der Waals surface area contributed by atoms with Crippen LogP contribution in [0.25, 0.3) is 0 Å². The van der Waals surface area contributed by atoms with Crippen LogP contribution in [0.15, 0.2) is 18.2 Å². The molecule has 1 aliphatic heterocycles. The number of nitro groups is 2. The number of nitrogens with zero attached hydrogens (tertiary/aromatic N) is 2. The van der Waals surface area contributed by atoms with Gasteiger partial charge in [-0.25, -0.2) is 8.42 Å². The molecule has 0 bridgehead atoms. The van der Waals surface area contributed by atoms with Crippen molar-refractivity contribution in [2.75, 3.05) is 16.8 Å². The molecule has 1 heterocycles. The Bertz CT molecular complexity index is 825. The topological polar surface area (TPSA) is 144 Å². The number of benzene rings is 1. The standard InChI is InChI=1S/C12H14N4O6S2/c1-12(4-5-24(21,22)7-12)14-11(23)13-9-3-2-8(15(17)18)6-10(9)16(19)20/h2-3,6H,4-5,7H2,1H3,(H2,13,14,23). The molecule has 1 saturated heterocycles. The molecule has 1 atom stereocenters. The van der Waals surface area contributed by atoms with Crippen molar-refractivity contribution in [1.29, 1.82) is 0 Å². The molecule has 12 heteroatoms. The molecule has 0 aromatic heterocycles. The Morgan fingerprint density at radius 2 is 1.96 bits per heavy atom. The van der Waals surface area contributed by atoms with Crippen molar-refractivity contribution in [1.82, 2.24) is 5.32 Å². The van der Waals surface area contributed by atoms with Crippen molar-refractivity contribution < 1.29 is 18.3 Å². The lowest BCUT2D eigenvalue weighted by atomic mass is 10.0. The summed E-state index contributed by atoms with van der Waals surface area (Å²) in [6.07, 6.45) is 0.361. The Morgan fingerprint density at radius 1 is 1.29 bits per heavy atom. The first-order valence-corrected chi connectivity index (χ1v) is 8.97.